The third-order valence-electron chi connectivity index (χ3n) is 4.95. The van der Waals surface area contributed by atoms with Gasteiger partial charge in [0.15, 0.2) is 17.9 Å². The van der Waals surface area contributed by atoms with Gasteiger partial charge in [-0.3, -0.25) is 20.2 Å². The van der Waals surface area contributed by atoms with E-state index in [2.05, 4.69) is 10.4 Å². The number of rotatable bonds is 5. The Morgan fingerprint density at radius 1 is 1.31 bits per heavy atom. The SMILES string of the molecule is CC(=O)C1=N[C@H]2CO[C@H](OCc3ccccc3)[C@H](O)[C@H]2N(c2cccc(Cl)c2)N1. The highest BCUT2D eigenvalue weighted by Gasteiger charge is 2.46. The van der Waals surface area contributed by atoms with Crippen LogP contribution >= 0.6 is 11.6 Å². The van der Waals surface area contributed by atoms with Crippen LogP contribution in [0.3, 0.4) is 0 Å². The fraction of sp³-hybridized carbons (Fsp3) is 0.333. The van der Waals surface area contributed by atoms with Gasteiger partial charge in [-0.05, 0) is 23.8 Å². The molecule has 0 amide bonds. The van der Waals surface area contributed by atoms with Gasteiger partial charge < -0.3 is 14.6 Å². The molecule has 2 aromatic rings. The molecule has 2 aliphatic heterocycles. The van der Waals surface area contributed by atoms with Gasteiger partial charge in [0.05, 0.1) is 18.9 Å². The molecule has 152 valence electrons. The van der Waals surface area contributed by atoms with Gasteiger partial charge in [-0.15, -0.1) is 0 Å². The number of halogens is 1. The van der Waals surface area contributed by atoms with Crippen molar-refractivity contribution in [3.63, 3.8) is 0 Å². The van der Waals surface area contributed by atoms with Gasteiger partial charge in [0, 0.05) is 11.9 Å². The normalized spacial score (nSPS) is 26.3. The number of aliphatic imine (C=N–C) groups is 1. The van der Waals surface area contributed by atoms with Crippen molar-refractivity contribution in [2.24, 2.45) is 4.99 Å². The highest BCUT2D eigenvalue weighted by molar-refractivity contribution is 6.38. The van der Waals surface area contributed by atoms with Crippen molar-refractivity contribution in [2.75, 3.05) is 11.6 Å². The molecule has 1 fully saturated rings. The second-order valence-corrected chi connectivity index (χ2v) is 7.48. The Morgan fingerprint density at radius 3 is 2.83 bits per heavy atom. The van der Waals surface area contributed by atoms with Gasteiger partial charge in [0.25, 0.3) is 0 Å². The molecular weight excluding hydrogens is 394 g/mol. The molecule has 8 heteroatoms. The summed E-state index contributed by atoms with van der Waals surface area (Å²) < 4.78 is 11.6. The summed E-state index contributed by atoms with van der Waals surface area (Å²) in [7, 11) is 0. The molecule has 0 bridgehead atoms. The van der Waals surface area contributed by atoms with Crippen LogP contribution in [0.4, 0.5) is 5.69 Å². The Labute approximate surface area is 173 Å². The molecule has 2 N–H and O–H groups in total. The Kier molecular flexibility index (Phi) is 5.82. The number of aliphatic hydroxyl groups excluding tert-OH is 1. The molecule has 29 heavy (non-hydrogen) atoms. The molecule has 0 spiro atoms. The summed E-state index contributed by atoms with van der Waals surface area (Å²) in [5.41, 5.74) is 4.72. The molecule has 0 radical (unpaired) electrons. The van der Waals surface area contributed by atoms with Crippen LogP contribution in [0, 0.1) is 0 Å². The van der Waals surface area contributed by atoms with E-state index in [0.717, 1.165) is 5.56 Å². The predicted molar refractivity (Wildman–Crippen MR) is 110 cm³/mol. The predicted octanol–water partition coefficient (Wildman–Crippen LogP) is 2.32. The maximum Gasteiger partial charge on any atom is 0.196 e. The standard InChI is InChI=1S/C21H22ClN3O4/c1-13(26)20-23-17-12-29-21(28-11-14-6-3-2-4-7-14)19(27)18(17)25(24-20)16-9-5-8-15(22)10-16/h2-10,17-19,21,27H,11-12H2,1H3,(H,23,24)/t17-,18-,19+,21-/m0/s1. The first kappa shape index (κ1) is 19.8. The van der Waals surface area contributed by atoms with Crippen molar-refractivity contribution in [3.8, 4) is 0 Å². The highest BCUT2D eigenvalue weighted by atomic mass is 35.5. The maximum absolute atomic E-state index is 11.9. The number of hydrogen-bond donors (Lipinski definition) is 2. The fourth-order valence-corrected chi connectivity index (χ4v) is 3.72. The zero-order valence-electron chi connectivity index (χ0n) is 15.9. The van der Waals surface area contributed by atoms with E-state index < -0.39 is 24.5 Å². The third kappa shape index (κ3) is 4.28. The first-order chi connectivity index (χ1) is 14.0. The molecule has 0 saturated carbocycles. The van der Waals surface area contributed by atoms with Crippen molar-refractivity contribution in [1.82, 2.24) is 5.43 Å². The molecule has 0 aromatic heterocycles. The summed E-state index contributed by atoms with van der Waals surface area (Å²) in [4.78, 5) is 16.4. The van der Waals surface area contributed by atoms with E-state index in [1.807, 2.05) is 42.5 Å². The molecule has 0 aliphatic carbocycles. The summed E-state index contributed by atoms with van der Waals surface area (Å²) >= 11 is 6.16. The summed E-state index contributed by atoms with van der Waals surface area (Å²) in [6.07, 6.45) is -1.82. The van der Waals surface area contributed by atoms with E-state index in [4.69, 9.17) is 21.1 Å². The fourth-order valence-electron chi connectivity index (χ4n) is 3.53. The van der Waals surface area contributed by atoms with Crippen LogP contribution in [0.2, 0.25) is 5.02 Å². The average Bonchev–Trinajstić information content (AvgIpc) is 2.73. The number of ketones is 1. The van der Waals surface area contributed by atoms with Crippen LogP contribution in [-0.4, -0.2) is 47.8 Å². The van der Waals surface area contributed by atoms with E-state index in [0.29, 0.717) is 17.3 Å². The first-order valence-electron chi connectivity index (χ1n) is 9.38. The molecule has 7 nitrogen and oxygen atoms in total. The maximum atomic E-state index is 11.9. The highest BCUT2D eigenvalue weighted by Crippen LogP contribution is 2.30. The minimum atomic E-state index is -0.999. The molecule has 4 rings (SSSR count). The number of carbonyl (C=O) groups excluding carboxylic acids is 1. The van der Waals surface area contributed by atoms with Gasteiger partial charge in [0.2, 0.25) is 0 Å². The van der Waals surface area contributed by atoms with Gasteiger partial charge in [-0.25, -0.2) is 0 Å². The van der Waals surface area contributed by atoms with Gasteiger partial charge in [-0.2, -0.15) is 0 Å². The quantitative estimate of drug-likeness (QED) is 0.779. The van der Waals surface area contributed by atoms with E-state index in [-0.39, 0.29) is 18.2 Å². The second kappa shape index (κ2) is 8.51. The van der Waals surface area contributed by atoms with Gasteiger partial charge >= 0.3 is 0 Å². The van der Waals surface area contributed by atoms with E-state index in [9.17, 15) is 9.90 Å². The lowest BCUT2D eigenvalue weighted by atomic mass is 9.97. The lowest BCUT2D eigenvalue weighted by molar-refractivity contribution is -0.229. The number of hydrazine groups is 1. The zero-order chi connectivity index (χ0) is 20.4. The number of hydrogen-bond acceptors (Lipinski definition) is 7. The van der Waals surface area contributed by atoms with Crippen LogP contribution in [0.25, 0.3) is 0 Å². The molecule has 0 unspecified atom stereocenters. The average molecular weight is 416 g/mol. The summed E-state index contributed by atoms with van der Waals surface area (Å²) in [6, 6.07) is 15.9. The van der Waals surface area contributed by atoms with Crippen LogP contribution in [0.5, 0.6) is 0 Å². The Hall–Kier alpha value is -2.45. The summed E-state index contributed by atoms with van der Waals surface area (Å²) in [6.45, 7) is 1.97. The van der Waals surface area contributed by atoms with E-state index >= 15 is 0 Å². The number of fused-ring (bicyclic) bond motifs is 1. The molecule has 2 heterocycles. The lowest BCUT2D eigenvalue weighted by Gasteiger charge is -2.47. The largest absolute Gasteiger partial charge is 0.385 e. The molecule has 4 atom stereocenters. The van der Waals surface area contributed by atoms with Crippen molar-refractivity contribution >= 4 is 28.9 Å². The minimum Gasteiger partial charge on any atom is -0.385 e. The summed E-state index contributed by atoms with van der Waals surface area (Å²) in [5, 5.41) is 13.3. The second-order valence-electron chi connectivity index (χ2n) is 7.04. The number of nitrogens with one attached hydrogen (secondary N) is 1. The Bertz CT molecular complexity index is 908. The lowest BCUT2D eigenvalue weighted by Crippen LogP contribution is -2.68. The Morgan fingerprint density at radius 2 is 2.10 bits per heavy atom. The van der Waals surface area contributed by atoms with Gasteiger partial charge in [0.1, 0.15) is 18.2 Å². The van der Waals surface area contributed by atoms with E-state index in [1.165, 1.54) is 6.92 Å². The number of amidine groups is 1. The zero-order valence-corrected chi connectivity index (χ0v) is 16.6. The van der Waals surface area contributed by atoms with Crippen molar-refractivity contribution in [2.45, 2.75) is 38.0 Å². The van der Waals surface area contributed by atoms with Crippen molar-refractivity contribution in [1.29, 1.82) is 0 Å². The Balaban J connectivity index is 1.58. The van der Waals surface area contributed by atoms with Crippen LogP contribution in [0.15, 0.2) is 59.6 Å². The van der Waals surface area contributed by atoms with Crippen LogP contribution in [0.1, 0.15) is 12.5 Å². The molecule has 2 aromatic carbocycles. The number of carbonyl (C=O) groups is 1. The van der Waals surface area contributed by atoms with Gasteiger partial charge in [-0.1, -0.05) is 48.0 Å². The first-order valence-corrected chi connectivity index (χ1v) is 9.76. The number of ether oxygens (including phenoxy) is 2. The topological polar surface area (TPSA) is 83.4 Å². The summed E-state index contributed by atoms with van der Waals surface area (Å²) in [5.74, 6) is 0.0121. The number of anilines is 1. The molecule has 1 saturated heterocycles. The van der Waals surface area contributed by atoms with Crippen molar-refractivity contribution in [3.05, 3.63) is 65.2 Å². The van der Waals surface area contributed by atoms with Crippen molar-refractivity contribution < 1.29 is 19.4 Å². The van der Waals surface area contributed by atoms with Crippen LogP contribution in [-0.2, 0) is 20.9 Å². The third-order valence-corrected chi connectivity index (χ3v) is 5.19. The number of Topliss-reactive ketones (excluding diaryl/α,β-unsaturated/α-hetero) is 1. The minimum absolute atomic E-state index is 0.201. The molecule has 2 aliphatic rings. The number of benzene rings is 2. The smallest absolute Gasteiger partial charge is 0.196 e. The number of nitrogens with zero attached hydrogens (tertiary/aromatic N) is 2. The van der Waals surface area contributed by atoms with E-state index in [1.54, 1.807) is 17.1 Å². The monoisotopic (exact) mass is 415 g/mol. The number of aliphatic hydroxyl groups is 1. The molecular formula is C21H22ClN3O4. The van der Waals surface area contributed by atoms with Crippen LogP contribution < -0.4 is 10.4 Å².